The van der Waals surface area contributed by atoms with E-state index in [-0.39, 0.29) is 0 Å². The molecule has 0 aliphatic rings. The molecule has 8 heteroatoms. The highest BCUT2D eigenvalue weighted by molar-refractivity contribution is 5.93. The summed E-state index contributed by atoms with van der Waals surface area (Å²) < 4.78 is 12.7. The van der Waals surface area contributed by atoms with E-state index in [0.717, 1.165) is 56.3 Å². The first kappa shape index (κ1) is 25.6. The lowest BCUT2D eigenvalue weighted by Crippen LogP contribution is -2.22. The molecule has 0 bridgehead atoms. The van der Waals surface area contributed by atoms with E-state index in [9.17, 15) is 5.26 Å². The molecule has 2 heterocycles. The third-order valence-electron chi connectivity index (χ3n) is 6.72. The fourth-order valence-corrected chi connectivity index (χ4v) is 4.56. The minimum absolute atomic E-state index is 0.394. The van der Waals surface area contributed by atoms with Gasteiger partial charge in [0, 0.05) is 25.8 Å². The Balaban J connectivity index is 1.57. The van der Waals surface area contributed by atoms with Crippen molar-refractivity contribution in [3.63, 3.8) is 0 Å². The van der Waals surface area contributed by atoms with Crippen LogP contribution in [0, 0.1) is 18.3 Å². The number of aromatic nitrogens is 3. The summed E-state index contributed by atoms with van der Waals surface area (Å²) in [6.07, 6.45) is 3.54. The van der Waals surface area contributed by atoms with Gasteiger partial charge in [0.1, 0.15) is 28.8 Å². The third-order valence-corrected chi connectivity index (χ3v) is 6.72. The molecule has 0 radical (unpaired) electrons. The number of ether oxygens (including phenoxy) is 2. The van der Waals surface area contributed by atoms with Gasteiger partial charge in [0.15, 0.2) is 0 Å². The van der Waals surface area contributed by atoms with E-state index < -0.39 is 0 Å². The second kappa shape index (κ2) is 11.2. The van der Waals surface area contributed by atoms with E-state index in [1.165, 1.54) is 0 Å². The second-order valence-corrected chi connectivity index (χ2v) is 9.39. The maximum atomic E-state index is 9.20. The Morgan fingerprint density at radius 3 is 2.05 bits per heavy atom. The normalized spacial score (nSPS) is 10.7. The Kier molecular flexibility index (Phi) is 7.32. The van der Waals surface area contributed by atoms with Gasteiger partial charge in [0.2, 0.25) is 0 Å². The van der Waals surface area contributed by atoms with Gasteiger partial charge < -0.3 is 24.3 Å². The summed E-state index contributed by atoms with van der Waals surface area (Å²) in [7, 11) is 5.34. The van der Waals surface area contributed by atoms with Gasteiger partial charge in [-0.2, -0.15) is 5.26 Å². The van der Waals surface area contributed by atoms with Crippen LogP contribution in [0.3, 0.4) is 0 Å². The molecule has 39 heavy (non-hydrogen) atoms. The van der Waals surface area contributed by atoms with Gasteiger partial charge in [-0.25, -0.2) is 9.97 Å². The largest absolute Gasteiger partial charge is 0.497 e. The van der Waals surface area contributed by atoms with Gasteiger partial charge in [0.05, 0.1) is 43.6 Å². The van der Waals surface area contributed by atoms with E-state index in [0.29, 0.717) is 18.8 Å². The Morgan fingerprint density at radius 1 is 0.897 bits per heavy atom. The Morgan fingerprint density at radius 2 is 1.51 bits per heavy atom. The summed E-state index contributed by atoms with van der Waals surface area (Å²) in [5, 5.41) is 12.7. The molecule has 0 saturated heterocycles. The number of fused-ring (bicyclic) bond motifs is 1. The monoisotopic (exact) mass is 518 g/mol. The van der Waals surface area contributed by atoms with Crippen molar-refractivity contribution in [3.8, 4) is 17.6 Å². The average Bonchev–Trinajstić information content (AvgIpc) is 3.34. The van der Waals surface area contributed by atoms with Crippen LogP contribution < -0.4 is 19.7 Å². The Bertz CT molecular complexity index is 1590. The summed E-state index contributed by atoms with van der Waals surface area (Å²) >= 11 is 0. The number of hydrogen-bond donors (Lipinski definition) is 1. The minimum Gasteiger partial charge on any atom is -0.497 e. The highest BCUT2D eigenvalue weighted by atomic mass is 16.5. The molecule has 0 unspecified atom stereocenters. The van der Waals surface area contributed by atoms with Crippen LogP contribution in [0.2, 0.25) is 0 Å². The summed E-state index contributed by atoms with van der Waals surface area (Å²) in [6, 6.07) is 24.4. The van der Waals surface area contributed by atoms with Crippen molar-refractivity contribution in [2.45, 2.75) is 20.0 Å². The van der Waals surface area contributed by atoms with Gasteiger partial charge in [-0.05, 0) is 66.1 Å². The van der Waals surface area contributed by atoms with Gasteiger partial charge >= 0.3 is 0 Å². The zero-order chi connectivity index (χ0) is 27.4. The lowest BCUT2D eigenvalue weighted by molar-refractivity contribution is 0.414. The molecule has 8 nitrogen and oxygen atoms in total. The summed E-state index contributed by atoms with van der Waals surface area (Å²) in [5.41, 5.74) is 8.32. The van der Waals surface area contributed by atoms with Crippen LogP contribution in [0.1, 0.15) is 22.4 Å². The zero-order valence-corrected chi connectivity index (χ0v) is 22.5. The van der Waals surface area contributed by atoms with Crippen molar-refractivity contribution < 1.29 is 9.47 Å². The lowest BCUT2D eigenvalue weighted by atomic mass is 10.1. The molecular weight excluding hydrogens is 488 g/mol. The van der Waals surface area contributed by atoms with Crippen molar-refractivity contribution in [2.75, 3.05) is 24.4 Å². The molecule has 196 valence electrons. The molecule has 1 N–H and O–H groups in total. The first-order chi connectivity index (χ1) is 19.0. The zero-order valence-electron chi connectivity index (χ0n) is 22.5. The van der Waals surface area contributed by atoms with Gasteiger partial charge in [0.25, 0.3) is 0 Å². The van der Waals surface area contributed by atoms with Crippen LogP contribution in [0.15, 0.2) is 79.3 Å². The van der Waals surface area contributed by atoms with Crippen LogP contribution in [-0.2, 0) is 20.1 Å². The maximum absolute atomic E-state index is 9.20. The molecular formula is C31H30N6O2. The number of pyridine rings is 1. The van der Waals surface area contributed by atoms with Crippen molar-refractivity contribution in [1.82, 2.24) is 14.5 Å². The number of imidazole rings is 1. The van der Waals surface area contributed by atoms with Crippen LogP contribution in [0.25, 0.3) is 11.0 Å². The standard InChI is InChI=1S/C31H30N6O2/c1-21-13-25(16-32)33-17-28(21)35-24-14-29-31(34-20-36(29)2)30(15-24)37(18-22-5-9-26(38-3)10-6-22)19-23-7-11-27(39-4)12-8-23/h5-15,17,20,35H,18-19H2,1-4H3. The minimum atomic E-state index is 0.394. The Hall–Kier alpha value is -5.03. The van der Waals surface area contributed by atoms with Crippen molar-refractivity contribution >= 4 is 28.1 Å². The number of benzene rings is 3. The SMILES string of the molecule is COc1ccc(CN(Cc2ccc(OC)cc2)c2cc(Nc3cnc(C#N)cc3C)cc3c2ncn3C)cc1. The van der Waals surface area contributed by atoms with E-state index in [1.54, 1.807) is 26.5 Å². The predicted octanol–water partition coefficient (Wildman–Crippen LogP) is 6.12. The van der Waals surface area contributed by atoms with Crippen LogP contribution in [0.5, 0.6) is 11.5 Å². The van der Waals surface area contributed by atoms with Crippen LogP contribution >= 0.6 is 0 Å². The third kappa shape index (κ3) is 5.63. The molecule has 5 aromatic rings. The van der Waals surface area contributed by atoms with E-state index in [1.807, 2.05) is 49.1 Å². The first-order valence-corrected chi connectivity index (χ1v) is 12.6. The fourth-order valence-electron chi connectivity index (χ4n) is 4.56. The molecule has 0 atom stereocenters. The number of anilines is 3. The highest BCUT2D eigenvalue weighted by Gasteiger charge is 2.17. The van der Waals surface area contributed by atoms with E-state index in [4.69, 9.17) is 14.5 Å². The van der Waals surface area contributed by atoms with Crippen molar-refractivity contribution in [3.05, 3.63) is 102 Å². The number of nitrogens with zero attached hydrogens (tertiary/aromatic N) is 5. The number of aryl methyl sites for hydroxylation is 2. The fraction of sp³-hybridized carbons (Fsp3) is 0.194. The van der Waals surface area contributed by atoms with Gasteiger partial charge in [-0.15, -0.1) is 0 Å². The van der Waals surface area contributed by atoms with Crippen molar-refractivity contribution in [1.29, 1.82) is 5.26 Å². The highest BCUT2D eigenvalue weighted by Crippen LogP contribution is 2.34. The molecule has 0 amide bonds. The summed E-state index contributed by atoms with van der Waals surface area (Å²) in [6.45, 7) is 3.30. The Labute approximate surface area is 228 Å². The van der Waals surface area contributed by atoms with Crippen LogP contribution in [0.4, 0.5) is 17.1 Å². The molecule has 5 rings (SSSR count). The number of nitrogens with one attached hydrogen (secondary N) is 1. The van der Waals surface area contributed by atoms with Gasteiger partial charge in [-0.3, -0.25) is 0 Å². The summed E-state index contributed by atoms with van der Waals surface area (Å²) in [4.78, 5) is 11.3. The lowest BCUT2D eigenvalue weighted by Gasteiger charge is -2.27. The number of methoxy groups -OCH3 is 2. The number of nitriles is 1. The molecule has 0 spiro atoms. The predicted molar refractivity (Wildman–Crippen MR) is 154 cm³/mol. The molecule has 0 fully saturated rings. The number of hydrogen-bond acceptors (Lipinski definition) is 7. The molecule has 2 aromatic heterocycles. The van der Waals surface area contributed by atoms with Crippen molar-refractivity contribution in [2.24, 2.45) is 7.05 Å². The molecule has 0 aliphatic carbocycles. The molecule has 3 aromatic carbocycles. The number of rotatable bonds is 9. The molecule has 0 saturated carbocycles. The van der Waals surface area contributed by atoms with Gasteiger partial charge in [-0.1, -0.05) is 24.3 Å². The van der Waals surface area contributed by atoms with Crippen LogP contribution in [-0.4, -0.2) is 28.8 Å². The second-order valence-electron chi connectivity index (χ2n) is 9.39. The summed E-state index contributed by atoms with van der Waals surface area (Å²) in [5.74, 6) is 1.65. The molecule has 0 aliphatic heterocycles. The average molecular weight is 519 g/mol. The quantitative estimate of drug-likeness (QED) is 0.252. The maximum Gasteiger partial charge on any atom is 0.140 e. The van der Waals surface area contributed by atoms with E-state index >= 15 is 0 Å². The smallest absolute Gasteiger partial charge is 0.140 e. The topological polar surface area (TPSA) is 88.2 Å². The first-order valence-electron chi connectivity index (χ1n) is 12.6. The van der Waals surface area contributed by atoms with E-state index in [2.05, 4.69) is 57.7 Å².